The van der Waals surface area contributed by atoms with Crippen LogP contribution < -0.4 is 10.5 Å². The number of sulfonamides is 1. The molecule has 6 nitrogen and oxygen atoms in total. The van der Waals surface area contributed by atoms with Gasteiger partial charge >= 0.3 is 0 Å². The maximum atomic E-state index is 12.5. The van der Waals surface area contributed by atoms with Gasteiger partial charge in [0.2, 0.25) is 10.0 Å². The number of nitrogens with zero attached hydrogens (tertiary/aromatic N) is 1. The molecule has 0 unspecified atom stereocenters. The first-order chi connectivity index (χ1) is 9.34. The van der Waals surface area contributed by atoms with Crippen molar-refractivity contribution in [1.82, 2.24) is 10.2 Å². The van der Waals surface area contributed by atoms with E-state index in [1.54, 1.807) is 6.92 Å². The molecule has 2 heterocycles. The number of carbonyl (C=O) groups excluding carboxylic acids is 1. The zero-order valence-corrected chi connectivity index (χ0v) is 13.2. The van der Waals surface area contributed by atoms with Crippen molar-refractivity contribution in [2.75, 3.05) is 20.1 Å². The van der Waals surface area contributed by atoms with E-state index in [9.17, 15) is 13.2 Å². The molecule has 8 heteroatoms. The molecule has 1 aromatic heterocycles. The predicted molar refractivity (Wildman–Crippen MR) is 78.4 cm³/mol. The first kappa shape index (κ1) is 15.4. The second-order valence-electron chi connectivity index (χ2n) is 4.93. The van der Waals surface area contributed by atoms with Crippen molar-refractivity contribution >= 4 is 27.3 Å². The van der Waals surface area contributed by atoms with E-state index in [2.05, 4.69) is 5.32 Å². The smallest absolute Gasteiger partial charge is 0.264 e. The number of carbonyl (C=O) groups is 1. The number of rotatable bonds is 4. The number of nitrogens with two attached hydrogens (primary N) is 1. The standard InChI is InChI=1S/C12H19N3O3S2/c1-8-11(20(13,17)18)6-10(19-8)12(16)15-5-3-4-9(15)7-14-2/h6,9,14H,3-5,7H2,1-2H3,(H2,13,17,18)/t9-/m1/s1. The summed E-state index contributed by atoms with van der Waals surface area (Å²) in [5.74, 6) is -0.106. The summed E-state index contributed by atoms with van der Waals surface area (Å²) in [6.07, 6.45) is 1.95. The SMILES string of the molecule is CNC[C@H]1CCCN1C(=O)c1cc(S(N)(=O)=O)c(C)s1. The van der Waals surface area contributed by atoms with Crippen molar-refractivity contribution in [3.8, 4) is 0 Å². The van der Waals surface area contributed by atoms with Crippen LogP contribution in [0.2, 0.25) is 0 Å². The Morgan fingerprint density at radius 2 is 2.30 bits per heavy atom. The lowest BCUT2D eigenvalue weighted by atomic mass is 10.2. The second kappa shape index (κ2) is 5.80. The van der Waals surface area contributed by atoms with Crippen molar-refractivity contribution < 1.29 is 13.2 Å². The summed E-state index contributed by atoms with van der Waals surface area (Å²) in [6.45, 7) is 3.13. The number of nitrogens with one attached hydrogen (secondary N) is 1. The molecule has 20 heavy (non-hydrogen) atoms. The van der Waals surface area contributed by atoms with E-state index < -0.39 is 10.0 Å². The fourth-order valence-corrected chi connectivity index (χ4v) is 4.65. The van der Waals surface area contributed by atoms with E-state index in [4.69, 9.17) is 5.14 Å². The van der Waals surface area contributed by atoms with E-state index in [0.29, 0.717) is 16.3 Å². The van der Waals surface area contributed by atoms with Gasteiger partial charge in [0.05, 0.1) is 9.77 Å². The third-order valence-corrected chi connectivity index (χ3v) is 5.67. The number of likely N-dealkylation sites (tertiary alicyclic amines) is 1. The molecule has 0 aliphatic carbocycles. The van der Waals surface area contributed by atoms with Crippen molar-refractivity contribution in [3.63, 3.8) is 0 Å². The highest BCUT2D eigenvalue weighted by atomic mass is 32.2. The predicted octanol–water partition coefficient (Wildman–Crippen LogP) is 0.528. The Morgan fingerprint density at radius 3 is 2.85 bits per heavy atom. The third-order valence-electron chi connectivity index (χ3n) is 3.47. The topological polar surface area (TPSA) is 92.5 Å². The number of aryl methyl sites for hydroxylation is 1. The van der Waals surface area contributed by atoms with Gasteiger partial charge in [0.15, 0.2) is 0 Å². The highest BCUT2D eigenvalue weighted by molar-refractivity contribution is 7.89. The Hall–Kier alpha value is -0.960. The minimum Gasteiger partial charge on any atom is -0.334 e. The van der Waals surface area contributed by atoms with Crippen molar-refractivity contribution in [2.45, 2.75) is 30.7 Å². The van der Waals surface area contributed by atoms with Crippen molar-refractivity contribution in [3.05, 3.63) is 15.8 Å². The van der Waals surface area contributed by atoms with Gasteiger partial charge in [-0.2, -0.15) is 0 Å². The molecule has 0 spiro atoms. The van der Waals surface area contributed by atoms with Crippen LogP contribution in [0.1, 0.15) is 27.4 Å². The van der Waals surface area contributed by atoms with E-state index >= 15 is 0 Å². The molecule has 1 aliphatic heterocycles. The van der Waals surface area contributed by atoms with Gasteiger partial charge in [0.25, 0.3) is 5.91 Å². The van der Waals surface area contributed by atoms with Crippen molar-refractivity contribution in [1.29, 1.82) is 0 Å². The van der Waals surface area contributed by atoms with Crippen LogP contribution in [0, 0.1) is 6.92 Å². The Bertz CT molecular complexity index is 609. The maximum absolute atomic E-state index is 12.5. The summed E-state index contributed by atoms with van der Waals surface area (Å²) in [4.78, 5) is 15.4. The molecule has 1 aromatic rings. The Morgan fingerprint density at radius 1 is 1.60 bits per heavy atom. The van der Waals surface area contributed by atoms with Gasteiger partial charge in [0, 0.05) is 24.0 Å². The first-order valence-electron chi connectivity index (χ1n) is 6.43. The Labute approximate surface area is 123 Å². The van der Waals surface area contributed by atoms with E-state index in [1.165, 1.54) is 17.4 Å². The Kier molecular flexibility index (Phi) is 4.48. The van der Waals surface area contributed by atoms with Crippen LogP contribution in [0.4, 0.5) is 0 Å². The van der Waals surface area contributed by atoms with E-state index in [0.717, 1.165) is 19.4 Å². The van der Waals surface area contributed by atoms with Gasteiger partial charge in [0.1, 0.15) is 0 Å². The van der Waals surface area contributed by atoms with Gasteiger partial charge < -0.3 is 10.2 Å². The minimum atomic E-state index is -3.77. The summed E-state index contributed by atoms with van der Waals surface area (Å²) in [6, 6.07) is 1.57. The van der Waals surface area contributed by atoms with Gasteiger partial charge in [-0.1, -0.05) is 0 Å². The summed E-state index contributed by atoms with van der Waals surface area (Å²) in [7, 11) is -1.91. The quantitative estimate of drug-likeness (QED) is 0.847. The summed E-state index contributed by atoms with van der Waals surface area (Å²) >= 11 is 1.19. The normalized spacial score (nSPS) is 19.6. The third kappa shape index (κ3) is 3.03. The number of thiophene rings is 1. The lowest BCUT2D eigenvalue weighted by Gasteiger charge is -2.23. The summed E-state index contributed by atoms with van der Waals surface area (Å²) in [5.41, 5.74) is 0. The molecule has 0 bridgehead atoms. The molecular weight excluding hydrogens is 298 g/mol. The lowest BCUT2D eigenvalue weighted by Crippen LogP contribution is -2.40. The average Bonchev–Trinajstić information content (AvgIpc) is 2.94. The van der Waals surface area contributed by atoms with Gasteiger partial charge in [-0.15, -0.1) is 11.3 Å². The second-order valence-corrected chi connectivity index (χ2v) is 7.71. The molecule has 1 saturated heterocycles. The average molecular weight is 317 g/mol. The highest BCUT2D eigenvalue weighted by Crippen LogP contribution is 2.28. The fraction of sp³-hybridized carbons (Fsp3) is 0.583. The number of primary sulfonamides is 1. The largest absolute Gasteiger partial charge is 0.334 e. The van der Waals surface area contributed by atoms with Crippen LogP contribution in [0.5, 0.6) is 0 Å². The van der Waals surface area contributed by atoms with E-state index in [-0.39, 0.29) is 16.8 Å². The van der Waals surface area contributed by atoms with E-state index in [1.807, 2.05) is 11.9 Å². The molecular formula is C12H19N3O3S2. The summed E-state index contributed by atoms with van der Waals surface area (Å²) in [5, 5.41) is 8.22. The maximum Gasteiger partial charge on any atom is 0.264 e. The van der Waals surface area contributed by atoms with Gasteiger partial charge in [-0.05, 0) is 32.9 Å². The van der Waals surface area contributed by atoms with Crippen LogP contribution in [0.15, 0.2) is 11.0 Å². The van der Waals surface area contributed by atoms with Crippen LogP contribution in [0.3, 0.4) is 0 Å². The molecule has 2 rings (SSSR count). The van der Waals surface area contributed by atoms with Gasteiger partial charge in [-0.3, -0.25) is 4.79 Å². The van der Waals surface area contributed by atoms with Crippen LogP contribution >= 0.6 is 11.3 Å². The summed E-state index contributed by atoms with van der Waals surface area (Å²) < 4.78 is 22.9. The molecule has 0 aromatic carbocycles. The number of likely N-dealkylation sites (N-methyl/N-ethyl adjacent to an activating group) is 1. The lowest BCUT2D eigenvalue weighted by molar-refractivity contribution is 0.0742. The monoisotopic (exact) mass is 317 g/mol. The van der Waals surface area contributed by atoms with Crippen LogP contribution in [-0.4, -0.2) is 45.4 Å². The van der Waals surface area contributed by atoms with Gasteiger partial charge in [-0.25, -0.2) is 13.6 Å². The zero-order chi connectivity index (χ0) is 14.9. The molecule has 1 amide bonds. The molecule has 0 radical (unpaired) electrons. The minimum absolute atomic E-state index is 0.0511. The molecule has 1 aliphatic rings. The fourth-order valence-electron chi connectivity index (χ4n) is 2.55. The Balaban J connectivity index is 2.26. The first-order valence-corrected chi connectivity index (χ1v) is 8.79. The van der Waals surface area contributed by atoms with Crippen LogP contribution in [-0.2, 0) is 10.0 Å². The molecule has 112 valence electrons. The molecule has 1 fully saturated rings. The highest BCUT2D eigenvalue weighted by Gasteiger charge is 2.30. The number of amides is 1. The molecule has 3 N–H and O–H groups in total. The van der Waals surface area contributed by atoms with Crippen molar-refractivity contribution in [2.24, 2.45) is 5.14 Å². The number of hydrogen-bond acceptors (Lipinski definition) is 5. The van der Waals surface area contributed by atoms with Crippen LogP contribution in [0.25, 0.3) is 0 Å². The zero-order valence-electron chi connectivity index (χ0n) is 11.5. The molecule has 1 atom stereocenters. The number of hydrogen-bond donors (Lipinski definition) is 2. The molecule has 0 saturated carbocycles.